The molecule has 1 fully saturated rings. The Kier molecular flexibility index (Phi) is 4.35. The van der Waals surface area contributed by atoms with Crippen LogP contribution in [0.3, 0.4) is 0 Å². The molecule has 17 heavy (non-hydrogen) atoms. The zero-order valence-corrected chi connectivity index (χ0v) is 10.6. The van der Waals surface area contributed by atoms with Gasteiger partial charge >= 0.3 is 0 Å². The summed E-state index contributed by atoms with van der Waals surface area (Å²) in [4.78, 5) is 2.57. The molecule has 1 aliphatic carbocycles. The maximum Gasteiger partial charge on any atom is 0.0478 e. The summed E-state index contributed by atoms with van der Waals surface area (Å²) in [6.07, 6.45) is 4.69. The predicted octanol–water partition coefficient (Wildman–Crippen LogP) is 2.60. The third-order valence-electron chi connectivity index (χ3n) is 3.34. The fourth-order valence-corrected chi connectivity index (χ4v) is 2.38. The zero-order valence-electron chi connectivity index (χ0n) is 10.6. The molecule has 92 valence electrons. The van der Waals surface area contributed by atoms with E-state index >= 15 is 0 Å². The second kappa shape index (κ2) is 5.99. The summed E-state index contributed by atoms with van der Waals surface area (Å²) in [5.41, 5.74) is 1.40. The Morgan fingerprint density at radius 1 is 1.41 bits per heavy atom. The van der Waals surface area contributed by atoms with E-state index in [9.17, 15) is 0 Å². The summed E-state index contributed by atoms with van der Waals surface area (Å²) in [7, 11) is 2.02. The molecule has 0 aromatic heterocycles. The van der Waals surface area contributed by atoms with Crippen LogP contribution in [0, 0.1) is 0 Å². The normalized spacial score (nSPS) is 17.1. The molecule has 1 aromatic rings. The molecule has 1 unspecified atom stereocenters. The zero-order chi connectivity index (χ0) is 12.1. The van der Waals surface area contributed by atoms with Crippen LogP contribution in [0.25, 0.3) is 0 Å². The van der Waals surface area contributed by atoms with Crippen molar-refractivity contribution in [3.05, 3.63) is 48.6 Å². The van der Waals surface area contributed by atoms with Gasteiger partial charge in [0.25, 0.3) is 0 Å². The van der Waals surface area contributed by atoms with Crippen molar-refractivity contribution in [1.29, 1.82) is 0 Å². The summed E-state index contributed by atoms with van der Waals surface area (Å²) in [6, 6.07) is 12.0. The van der Waals surface area contributed by atoms with Gasteiger partial charge in [-0.1, -0.05) is 36.4 Å². The molecule has 2 heteroatoms. The lowest BCUT2D eigenvalue weighted by atomic mass is 10.0. The lowest BCUT2D eigenvalue weighted by Crippen LogP contribution is -2.36. The fraction of sp³-hybridized carbons (Fsp3) is 0.467. The van der Waals surface area contributed by atoms with Gasteiger partial charge in [-0.15, -0.1) is 6.58 Å². The van der Waals surface area contributed by atoms with Gasteiger partial charge < -0.3 is 5.32 Å². The molecule has 0 amide bonds. The number of rotatable bonds is 7. The highest BCUT2D eigenvalue weighted by Gasteiger charge is 2.33. The van der Waals surface area contributed by atoms with Crippen LogP contribution in [0.2, 0.25) is 0 Å². The van der Waals surface area contributed by atoms with Gasteiger partial charge in [0.15, 0.2) is 0 Å². The van der Waals surface area contributed by atoms with E-state index in [0.717, 1.165) is 19.1 Å². The van der Waals surface area contributed by atoms with E-state index in [1.165, 1.54) is 18.4 Å². The Labute approximate surface area is 104 Å². The van der Waals surface area contributed by atoms with Gasteiger partial charge in [-0.05, 0) is 25.5 Å². The Morgan fingerprint density at radius 2 is 2.12 bits per heavy atom. The van der Waals surface area contributed by atoms with Crippen molar-refractivity contribution >= 4 is 0 Å². The maximum atomic E-state index is 3.88. The maximum absolute atomic E-state index is 3.88. The lowest BCUT2D eigenvalue weighted by molar-refractivity contribution is 0.206. The third-order valence-corrected chi connectivity index (χ3v) is 3.34. The summed E-state index contributed by atoms with van der Waals surface area (Å²) in [6.45, 7) is 5.86. The Bertz CT molecular complexity index is 343. The Balaban J connectivity index is 2.16. The highest BCUT2D eigenvalue weighted by molar-refractivity contribution is 5.20. The van der Waals surface area contributed by atoms with Crippen molar-refractivity contribution in [3.8, 4) is 0 Å². The first-order valence-corrected chi connectivity index (χ1v) is 6.43. The summed E-state index contributed by atoms with van der Waals surface area (Å²) < 4.78 is 0. The number of hydrogen-bond acceptors (Lipinski definition) is 2. The monoisotopic (exact) mass is 230 g/mol. The summed E-state index contributed by atoms with van der Waals surface area (Å²) in [5, 5.41) is 3.31. The second-order valence-corrected chi connectivity index (χ2v) is 4.70. The van der Waals surface area contributed by atoms with Crippen LogP contribution in [0.15, 0.2) is 43.0 Å². The summed E-state index contributed by atoms with van der Waals surface area (Å²) in [5.74, 6) is 0. The van der Waals surface area contributed by atoms with Gasteiger partial charge in [-0.3, -0.25) is 4.90 Å². The van der Waals surface area contributed by atoms with Crippen LogP contribution in [-0.2, 0) is 0 Å². The summed E-state index contributed by atoms with van der Waals surface area (Å²) >= 11 is 0. The topological polar surface area (TPSA) is 15.3 Å². The number of nitrogens with zero attached hydrogens (tertiary/aromatic N) is 1. The first kappa shape index (κ1) is 12.3. The first-order chi connectivity index (χ1) is 8.36. The molecule has 1 aromatic carbocycles. The van der Waals surface area contributed by atoms with Crippen LogP contribution in [0.4, 0.5) is 0 Å². The van der Waals surface area contributed by atoms with E-state index in [-0.39, 0.29) is 0 Å². The van der Waals surface area contributed by atoms with Gasteiger partial charge in [0.1, 0.15) is 0 Å². The van der Waals surface area contributed by atoms with Gasteiger partial charge in [-0.25, -0.2) is 0 Å². The van der Waals surface area contributed by atoms with Crippen molar-refractivity contribution in [1.82, 2.24) is 10.2 Å². The standard InChI is InChI=1S/C15H22N2/c1-3-11-17(14-9-10-14)15(12-16-2)13-7-5-4-6-8-13/h3-8,14-16H,1,9-12H2,2H3. The van der Waals surface area contributed by atoms with Crippen LogP contribution < -0.4 is 5.32 Å². The van der Waals surface area contributed by atoms with E-state index < -0.39 is 0 Å². The molecule has 0 aliphatic heterocycles. The quantitative estimate of drug-likeness (QED) is 0.724. The molecule has 0 bridgehead atoms. The molecule has 1 atom stereocenters. The molecule has 0 heterocycles. The molecule has 2 rings (SSSR count). The molecule has 0 saturated heterocycles. The van der Waals surface area contributed by atoms with E-state index in [1.807, 2.05) is 13.1 Å². The minimum atomic E-state index is 0.465. The SMILES string of the molecule is C=CCN(C1CC1)C(CNC)c1ccccc1. The van der Waals surface area contributed by atoms with Crippen LogP contribution in [0.5, 0.6) is 0 Å². The average molecular weight is 230 g/mol. The minimum Gasteiger partial charge on any atom is -0.318 e. The van der Waals surface area contributed by atoms with E-state index in [1.54, 1.807) is 0 Å². The minimum absolute atomic E-state index is 0.465. The largest absolute Gasteiger partial charge is 0.318 e. The van der Waals surface area contributed by atoms with Crippen LogP contribution >= 0.6 is 0 Å². The highest BCUT2D eigenvalue weighted by Crippen LogP contribution is 2.33. The average Bonchev–Trinajstić information content (AvgIpc) is 3.19. The molecule has 0 spiro atoms. The second-order valence-electron chi connectivity index (χ2n) is 4.70. The Hall–Kier alpha value is -1.12. The lowest BCUT2D eigenvalue weighted by Gasteiger charge is -2.31. The van der Waals surface area contributed by atoms with Gasteiger partial charge in [0, 0.05) is 25.2 Å². The predicted molar refractivity (Wildman–Crippen MR) is 73.0 cm³/mol. The number of likely N-dealkylation sites (N-methyl/N-ethyl adjacent to an activating group) is 1. The van der Waals surface area contributed by atoms with Crippen LogP contribution in [-0.4, -0.2) is 31.1 Å². The molecule has 2 nitrogen and oxygen atoms in total. The fourth-order valence-electron chi connectivity index (χ4n) is 2.38. The van der Waals surface area contributed by atoms with Crippen molar-refractivity contribution in [3.63, 3.8) is 0 Å². The van der Waals surface area contributed by atoms with E-state index in [0.29, 0.717) is 6.04 Å². The van der Waals surface area contributed by atoms with Crippen molar-refractivity contribution in [2.75, 3.05) is 20.1 Å². The Morgan fingerprint density at radius 3 is 2.65 bits per heavy atom. The number of hydrogen-bond donors (Lipinski definition) is 1. The molecule has 1 aliphatic rings. The first-order valence-electron chi connectivity index (χ1n) is 6.43. The van der Waals surface area contributed by atoms with E-state index in [2.05, 4.69) is 47.1 Å². The van der Waals surface area contributed by atoms with E-state index in [4.69, 9.17) is 0 Å². The molecular formula is C15H22N2. The van der Waals surface area contributed by atoms with Crippen molar-refractivity contribution in [2.24, 2.45) is 0 Å². The molecule has 0 radical (unpaired) electrons. The van der Waals surface area contributed by atoms with Crippen molar-refractivity contribution < 1.29 is 0 Å². The van der Waals surface area contributed by atoms with Gasteiger partial charge in [0.05, 0.1) is 0 Å². The van der Waals surface area contributed by atoms with Gasteiger partial charge in [-0.2, -0.15) is 0 Å². The number of nitrogens with one attached hydrogen (secondary N) is 1. The van der Waals surface area contributed by atoms with Gasteiger partial charge in [0.2, 0.25) is 0 Å². The molecule has 1 N–H and O–H groups in total. The molecular weight excluding hydrogens is 208 g/mol. The van der Waals surface area contributed by atoms with Crippen LogP contribution in [0.1, 0.15) is 24.4 Å². The third kappa shape index (κ3) is 3.18. The molecule has 1 saturated carbocycles. The smallest absolute Gasteiger partial charge is 0.0478 e. The highest BCUT2D eigenvalue weighted by atomic mass is 15.2. The van der Waals surface area contributed by atoms with Crippen molar-refractivity contribution in [2.45, 2.75) is 24.9 Å². The number of benzene rings is 1.